The van der Waals surface area contributed by atoms with E-state index in [4.69, 9.17) is 17.3 Å². The van der Waals surface area contributed by atoms with Crippen molar-refractivity contribution < 1.29 is 4.39 Å². The van der Waals surface area contributed by atoms with E-state index in [1.54, 1.807) is 6.07 Å². The highest BCUT2D eigenvalue weighted by molar-refractivity contribution is 7.09. The highest BCUT2D eigenvalue weighted by atomic mass is 35.5. The van der Waals surface area contributed by atoms with E-state index >= 15 is 0 Å². The van der Waals surface area contributed by atoms with Gasteiger partial charge in [-0.3, -0.25) is 0 Å². The van der Waals surface area contributed by atoms with Gasteiger partial charge in [0.05, 0.1) is 16.8 Å². The van der Waals surface area contributed by atoms with E-state index in [2.05, 4.69) is 18.8 Å². The van der Waals surface area contributed by atoms with Gasteiger partial charge in [-0.25, -0.2) is 9.37 Å². The Bertz CT molecular complexity index is 554. The van der Waals surface area contributed by atoms with Crippen LogP contribution in [0.4, 0.5) is 4.39 Å². The predicted molar refractivity (Wildman–Crippen MR) is 73.6 cm³/mol. The topological polar surface area (TPSA) is 38.9 Å². The number of aromatic nitrogens is 1. The third-order valence-corrected chi connectivity index (χ3v) is 3.95. The maximum atomic E-state index is 13.4. The minimum Gasteiger partial charge on any atom is -0.318 e. The Balaban J connectivity index is 2.29. The van der Waals surface area contributed by atoms with Gasteiger partial charge in [-0.15, -0.1) is 11.3 Å². The molecule has 0 amide bonds. The molecule has 0 bridgehead atoms. The number of rotatable bonds is 3. The predicted octanol–water partition coefficient (Wildman–Crippen LogP) is 4.11. The van der Waals surface area contributed by atoms with Crippen LogP contribution < -0.4 is 5.73 Å². The Morgan fingerprint density at radius 3 is 2.67 bits per heavy atom. The molecule has 0 aliphatic heterocycles. The van der Waals surface area contributed by atoms with Crippen LogP contribution in [-0.4, -0.2) is 4.98 Å². The van der Waals surface area contributed by atoms with Crippen LogP contribution in [0.2, 0.25) is 5.02 Å². The van der Waals surface area contributed by atoms with Gasteiger partial charge in [0.25, 0.3) is 0 Å². The molecule has 0 saturated carbocycles. The lowest BCUT2D eigenvalue weighted by Crippen LogP contribution is -2.12. The van der Waals surface area contributed by atoms with E-state index in [1.165, 1.54) is 23.5 Å². The summed E-state index contributed by atoms with van der Waals surface area (Å²) in [7, 11) is 0. The van der Waals surface area contributed by atoms with Crippen molar-refractivity contribution in [1.82, 2.24) is 4.98 Å². The molecule has 2 aromatic rings. The summed E-state index contributed by atoms with van der Waals surface area (Å²) >= 11 is 7.15. The molecule has 2 N–H and O–H groups in total. The van der Waals surface area contributed by atoms with Gasteiger partial charge < -0.3 is 5.73 Å². The first-order chi connectivity index (χ1) is 8.49. The van der Waals surface area contributed by atoms with Crippen molar-refractivity contribution in [2.75, 3.05) is 0 Å². The molecule has 5 heteroatoms. The molecule has 2 rings (SSSR count). The van der Waals surface area contributed by atoms with E-state index in [9.17, 15) is 4.39 Å². The SMILES string of the molecule is CC(C)c1csc(C(N)c2ccc(Cl)c(F)c2)n1. The summed E-state index contributed by atoms with van der Waals surface area (Å²) in [6.45, 7) is 4.15. The second-order valence-electron chi connectivity index (χ2n) is 4.42. The summed E-state index contributed by atoms with van der Waals surface area (Å²) in [5.74, 6) is -0.0885. The minimum atomic E-state index is -0.453. The molecule has 0 aliphatic rings. The maximum Gasteiger partial charge on any atom is 0.142 e. The van der Waals surface area contributed by atoms with E-state index < -0.39 is 11.9 Å². The first-order valence-electron chi connectivity index (χ1n) is 5.65. The van der Waals surface area contributed by atoms with Gasteiger partial charge in [0, 0.05) is 5.38 Å². The monoisotopic (exact) mass is 284 g/mol. The van der Waals surface area contributed by atoms with Crippen LogP contribution in [0.15, 0.2) is 23.6 Å². The Morgan fingerprint density at radius 2 is 2.11 bits per heavy atom. The number of benzene rings is 1. The van der Waals surface area contributed by atoms with Crippen LogP contribution in [-0.2, 0) is 0 Å². The first-order valence-corrected chi connectivity index (χ1v) is 6.90. The molecular weight excluding hydrogens is 271 g/mol. The molecule has 1 unspecified atom stereocenters. The van der Waals surface area contributed by atoms with Crippen LogP contribution in [0, 0.1) is 5.82 Å². The molecule has 0 fully saturated rings. The standard InChI is InChI=1S/C13H14ClFN2S/c1-7(2)11-6-18-13(17-11)12(16)8-3-4-9(14)10(15)5-8/h3-7,12H,16H2,1-2H3. The molecule has 0 spiro atoms. The number of nitrogens with two attached hydrogens (primary N) is 1. The van der Waals surface area contributed by atoms with Crippen LogP contribution >= 0.6 is 22.9 Å². The number of nitrogens with zero attached hydrogens (tertiary/aromatic N) is 1. The average molecular weight is 285 g/mol. The zero-order valence-corrected chi connectivity index (χ0v) is 11.7. The summed E-state index contributed by atoms with van der Waals surface area (Å²) in [5, 5.41) is 2.89. The quantitative estimate of drug-likeness (QED) is 0.921. The molecule has 96 valence electrons. The molecule has 0 radical (unpaired) electrons. The highest BCUT2D eigenvalue weighted by Crippen LogP contribution is 2.27. The smallest absolute Gasteiger partial charge is 0.142 e. The van der Waals surface area contributed by atoms with Crippen molar-refractivity contribution in [3.05, 3.63) is 50.7 Å². The van der Waals surface area contributed by atoms with Gasteiger partial charge in [0.1, 0.15) is 10.8 Å². The molecule has 1 aromatic heterocycles. The Morgan fingerprint density at radius 1 is 1.39 bits per heavy atom. The van der Waals surface area contributed by atoms with E-state index in [0.29, 0.717) is 11.5 Å². The van der Waals surface area contributed by atoms with Crippen LogP contribution in [0.1, 0.15) is 42.1 Å². The average Bonchev–Trinajstić information content (AvgIpc) is 2.81. The summed E-state index contributed by atoms with van der Waals surface area (Å²) in [5.41, 5.74) is 7.78. The largest absolute Gasteiger partial charge is 0.318 e. The Labute approximate surface area is 115 Å². The van der Waals surface area contributed by atoms with Crippen molar-refractivity contribution >= 4 is 22.9 Å². The van der Waals surface area contributed by atoms with Crippen molar-refractivity contribution in [3.63, 3.8) is 0 Å². The van der Waals surface area contributed by atoms with Crippen LogP contribution in [0.5, 0.6) is 0 Å². The molecule has 1 heterocycles. The molecule has 1 aromatic carbocycles. The van der Waals surface area contributed by atoms with Crippen LogP contribution in [0.3, 0.4) is 0 Å². The zero-order valence-electron chi connectivity index (χ0n) is 10.2. The number of hydrogen-bond acceptors (Lipinski definition) is 3. The lowest BCUT2D eigenvalue weighted by molar-refractivity contribution is 0.624. The number of halogens is 2. The number of thiazole rings is 1. The zero-order chi connectivity index (χ0) is 13.3. The molecule has 1 atom stereocenters. The van der Waals surface area contributed by atoms with Gasteiger partial charge in [-0.05, 0) is 23.6 Å². The van der Waals surface area contributed by atoms with Crippen molar-refractivity contribution in [2.45, 2.75) is 25.8 Å². The van der Waals surface area contributed by atoms with Gasteiger partial charge >= 0.3 is 0 Å². The summed E-state index contributed by atoms with van der Waals surface area (Å²) in [6.07, 6.45) is 0. The fourth-order valence-electron chi connectivity index (χ4n) is 1.56. The van der Waals surface area contributed by atoms with Crippen molar-refractivity contribution in [2.24, 2.45) is 5.73 Å². The Kier molecular flexibility index (Phi) is 4.00. The molecule has 2 nitrogen and oxygen atoms in total. The van der Waals surface area contributed by atoms with Crippen LogP contribution in [0.25, 0.3) is 0 Å². The fourth-order valence-corrected chi connectivity index (χ4v) is 2.68. The lowest BCUT2D eigenvalue weighted by atomic mass is 10.1. The maximum absolute atomic E-state index is 13.4. The van der Waals surface area contributed by atoms with E-state index in [-0.39, 0.29) is 5.02 Å². The summed E-state index contributed by atoms with van der Waals surface area (Å²) < 4.78 is 13.4. The molecular formula is C13H14ClFN2S. The normalized spacial score (nSPS) is 13.0. The first kappa shape index (κ1) is 13.5. The fraction of sp³-hybridized carbons (Fsp3) is 0.308. The third kappa shape index (κ3) is 2.71. The van der Waals surface area contributed by atoms with Crippen molar-refractivity contribution in [1.29, 1.82) is 0 Å². The van der Waals surface area contributed by atoms with Gasteiger partial charge in [0.15, 0.2) is 0 Å². The third-order valence-electron chi connectivity index (χ3n) is 2.70. The minimum absolute atomic E-state index is 0.105. The van der Waals surface area contributed by atoms with Gasteiger partial charge in [0.2, 0.25) is 0 Å². The van der Waals surface area contributed by atoms with E-state index in [0.717, 1.165) is 10.7 Å². The molecule has 18 heavy (non-hydrogen) atoms. The van der Waals surface area contributed by atoms with E-state index in [1.807, 2.05) is 5.38 Å². The van der Waals surface area contributed by atoms with Gasteiger partial charge in [-0.2, -0.15) is 0 Å². The summed E-state index contributed by atoms with van der Waals surface area (Å²) in [4.78, 5) is 4.48. The molecule has 0 saturated heterocycles. The van der Waals surface area contributed by atoms with Crippen molar-refractivity contribution in [3.8, 4) is 0 Å². The van der Waals surface area contributed by atoms with Gasteiger partial charge in [-0.1, -0.05) is 31.5 Å². The second-order valence-corrected chi connectivity index (χ2v) is 5.71. The molecule has 0 aliphatic carbocycles. The Hall–Kier alpha value is -0.970. The second kappa shape index (κ2) is 5.34. The number of hydrogen-bond donors (Lipinski definition) is 1. The highest BCUT2D eigenvalue weighted by Gasteiger charge is 2.15. The lowest BCUT2D eigenvalue weighted by Gasteiger charge is -2.09. The summed E-state index contributed by atoms with van der Waals surface area (Å²) in [6, 6.07) is 4.20.